The van der Waals surface area contributed by atoms with Crippen molar-refractivity contribution in [1.82, 2.24) is 4.57 Å². The molecule has 0 aliphatic carbocycles. The van der Waals surface area contributed by atoms with E-state index >= 15 is 0 Å². The number of carboxylic acids is 1. The maximum Gasteiger partial charge on any atom is 0.338 e. The first-order valence-corrected chi connectivity index (χ1v) is 14.6. The van der Waals surface area contributed by atoms with Gasteiger partial charge in [-0.05, 0) is 68.7 Å². The number of nitrogens with two attached hydrogens (primary N) is 1. The Bertz CT molecular complexity index is 1660. The fourth-order valence-electron chi connectivity index (χ4n) is 5.00. The van der Waals surface area contributed by atoms with Crippen LogP contribution >= 0.6 is 11.6 Å². The van der Waals surface area contributed by atoms with Gasteiger partial charge in [-0.25, -0.2) is 4.79 Å². The molecule has 3 unspecified atom stereocenters. The van der Waals surface area contributed by atoms with Crippen molar-refractivity contribution >= 4 is 35.1 Å². The molecule has 4 atom stereocenters. The fourth-order valence-corrected chi connectivity index (χ4v) is 5.17. The molecule has 1 fully saturated rings. The molecule has 1 saturated heterocycles. The number of benzene rings is 2. The Morgan fingerprint density at radius 2 is 1.91 bits per heavy atom. The Labute approximate surface area is 264 Å². The number of anilines is 1. The van der Waals surface area contributed by atoms with E-state index < -0.39 is 41.6 Å². The van der Waals surface area contributed by atoms with Gasteiger partial charge in [0.1, 0.15) is 23.9 Å². The second kappa shape index (κ2) is 14.9. The highest BCUT2D eigenvalue weighted by atomic mass is 35.5. The number of hydrogen-bond donors (Lipinski definition) is 3. The number of esters is 1. The number of nitriles is 1. The molecule has 0 radical (unpaired) electrons. The van der Waals surface area contributed by atoms with E-state index in [1.54, 1.807) is 18.2 Å². The number of carbonyl (C=O) groups is 3. The second-order valence-electron chi connectivity index (χ2n) is 10.6. The maximum absolute atomic E-state index is 13.8. The number of methoxy groups -OCH3 is 1. The predicted molar refractivity (Wildman–Crippen MR) is 165 cm³/mol. The predicted octanol–water partition coefficient (Wildman–Crippen LogP) is 4.15. The second-order valence-corrected chi connectivity index (χ2v) is 11.0. The van der Waals surface area contributed by atoms with Gasteiger partial charge in [-0.3, -0.25) is 19.0 Å². The average Bonchev–Trinajstić information content (AvgIpc) is 3.03. The zero-order chi connectivity index (χ0) is 32.7. The SMILES string of the molecule is COc1cn(C(C[C@@H]2CCCCO2)C(=O)Nc2ccc(C(=O)OC(C)C(N)C(=O)O)cc2)c(=O)cc1-c1cc(Cl)ccc1C#N. The largest absolute Gasteiger partial charge is 0.495 e. The Balaban J connectivity index is 1.62. The van der Waals surface area contributed by atoms with Crippen molar-refractivity contribution in [3.05, 3.63) is 81.2 Å². The van der Waals surface area contributed by atoms with Crippen LogP contribution in [0.3, 0.4) is 0 Å². The molecule has 1 aliphatic heterocycles. The molecule has 236 valence electrons. The third-order valence-electron chi connectivity index (χ3n) is 7.53. The molecule has 4 rings (SSSR count). The molecular weight excluding hydrogens is 604 g/mol. The first-order chi connectivity index (χ1) is 21.5. The minimum Gasteiger partial charge on any atom is -0.495 e. The molecule has 1 aliphatic rings. The molecule has 2 aromatic carbocycles. The first kappa shape index (κ1) is 33.2. The summed E-state index contributed by atoms with van der Waals surface area (Å²) < 4.78 is 17.9. The van der Waals surface area contributed by atoms with Gasteiger partial charge >= 0.3 is 11.9 Å². The van der Waals surface area contributed by atoms with E-state index in [0.29, 0.717) is 34.0 Å². The van der Waals surface area contributed by atoms with Crippen LogP contribution < -0.4 is 21.3 Å². The standard InChI is InChI=1S/C32H33ClN4O8/c1-18(29(35)31(40)41)45-32(42)19-7-10-22(11-8-19)36-30(39)26(14-23-5-3-4-12-44-23)37-17-27(43-2)25(15-28(37)38)24-13-21(33)9-6-20(24)16-34/h6-11,13,15,17-18,23,26,29H,3-5,12,14,35H2,1-2H3,(H,36,39)(H,40,41)/t18?,23-,26?,29?/m0/s1. The van der Waals surface area contributed by atoms with E-state index in [9.17, 15) is 24.4 Å². The normalized spacial score (nSPS) is 16.5. The molecule has 0 saturated carbocycles. The number of ether oxygens (including phenoxy) is 3. The van der Waals surface area contributed by atoms with Crippen LogP contribution in [0.4, 0.5) is 5.69 Å². The molecule has 45 heavy (non-hydrogen) atoms. The summed E-state index contributed by atoms with van der Waals surface area (Å²) in [5, 5.41) is 21.8. The molecule has 3 aromatic rings. The monoisotopic (exact) mass is 636 g/mol. The molecule has 1 aromatic heterocycles. The summed E-state index contributed by atoms with van der Waals surface area (Å²) in [7, 11) is 1.42. The van der Waals surface area contributed by atoms with Gasteiger partial charge in [-0.2, -0.15) is 5.26 Å². The molecular formula is C32H33ClN4O8. The summed E-state index contributed by atoms with van der Waals surface area (Å²) in [5.74, 6) is -2.32. The van der Waals surface area contributed by atoms with Gasteiger partial charge in [0, 0.05) is 40.9 Å². The van der Waals surface area contributed by atoms with Crippen LogP contribution in [0.2, 0.25) is 5.02 Å². The van der Waals surface area contributed by atoms with Gasteiger partial charge in [-0.1, -0.05) is 11.6 Å². The van der Waals surface area contributed by atoms with E-state index in [1.807, 2.05) is 0 Å². The Morgan fingerprint density at radius 1 is 1.18 bits per heavy atom. The number of hydrogen-bond acceptors (Lipinski definition) is 9. The first-order valence-electron chi connectivity index (χ1n) is 14.2. The lowest BCUT2D eigenvalue weighted by molar-refractivity contribution is -0.141. The van der Waals surface area contributed by atoms with Crippen molar-refractivity contribution in [1.29, 1.82) is 5.26 Å². The molecule has 12 nitrogen and oxygen atoms in total. The van der Waals surface area contributed by atoms with Crippen LogP contribution in [0.1, 0.15) is 54.6 Å². The number of halogens is 1. The third-order valence-corrected chi connectivity index (χ3v) is 7.76. The van der Waals surface area contributed by atoms with Crippen molar-refractivity contribution in [3.8, 4) is 22.9 Å². The van der Waals surface area contributed by atoms with Crippen molar-refractivity contribution in [2.75, 3.05) is 19.0 Å². The van der Waals surface area contributed by atoms with Crippen LogP contribution in [0.5, 0.6) is 5.75 Å². The van der Waals surface area contributed by atoms with Crippen LogP contribution in [0.25, 0.3) is 11.1 Å². The Kier molecular flexibility index (Phi) is 11.0. The highest BCUT2D eigenvalue weighted by Gasteiger charge is 2.29. The smallest absolute Gasteiger partial charge is 0.338 e. The number of nitrogens with zero attached hydrogens (tertiary/aromatic N) is 2. The highest BCUT2D eigenvalue weighted by molar-refractivity contribution is 6.31. The molecule has 1 amide bonds. The summed E-state index contributed by atoms with van der Waals surface area (Å²) in [6.07, 6.45) is 2.88. The maximum atomic E-state index is 13.8. The highest BCUT2D eigenvalue weighted by Crippen LogP contribution is 2.34. The van der Waals surface area contributed by atoms with Crippen molar-refractivity contribution in [3.63, 3.8) is 0 Å². The number of carbonyl (C=O) groups excluding carboxylic acids is 2. The van der Waals surface area contributed by atoms with Crippen molar-refractivity contribution in [2.24, 2.45) is 5.73 Å². The zero-order valence-corrected chi connectivity index (χ0v) is 25.5. The lowest BCUT2D eigenvalue weighted by atomic mass is 9.99. The molecule has 0 spiro atoms. The Morgan fingerprint density at radius 3 is 2.53 bits per heavy atom. The van der Waals surface area contributed by atoms with Crippen molar-refractivity contribution < 1.29 is 33.7 Å². The van der Waals surface area contributed by atoms with Crippen molar-refractivity contribution in [2.45, 2.75) is 56.9 Å². The molecule has 4 N–H and O–H groups in total. The third kappa shape index (κ3) is 8.07. The van der Waals surface area contributed by atoms with E-state index in [2.05, 4.69) is 11.4 Å². The minimum atomic E-state index is -1.38. The number of pyridine rings is 1. The summed E-state index contributed by atoms with van der Waals surface area (Å²) in [6, 6.07) is 11.5. The van der Waals surface area contributed by atoms with E-state index in [1.165, 1.54) is 55.1 Å². The van der Waals surface area contributed by atoms with Gasteiger partial charge < -0.3 is 30.4 Å². The van der Waals surface area contributed by atoms with Gasteiger partial charge in [0.05, 0.1) is 36.6 Å². The van der Waals surface area contributed by atoms with Gasteiger partial charge in [0.15, 0.2) is 0 Å². The number of rotatable bonds is 11. The number of amides is 1. The number of nitrogens with one attached hydrogen (secondary N) is 1. The van der Waals surface area contributed by atoms with E-state index in [0.717, 1.165) is 19.3 Å². The number of carboxylic acid groups (broad SMARTS) is 1. The fraction of sp³-hybridized carbons (Fsp3) is 0.344. The van der Waals surface area contributed by atoms with Gasteiger partial charge in [-0.15, -0.1) is 0 Å². The Hall–Kier alpha value is -4.70. The summed E-state index contributed by atoms with van der Waals surface area (Å²) in [6.45, 7) is 1.93. The van der Waals surface area contributed by atoms with Gasteiger partial charge in [0.2, 0.25) is 5.91 Å². The van der Waals surface area contributed by atoms with Crippen LogP contribution in [-0.4, -0.2) is 59.5 Å². The molecule has 2 heterocycles. The van der Waals surface area contributed by atoms with Crippen LogP contribution in [0.15, 0.2) is 59.5 Å². The number of aliphatic carboxylic acids is 1. The van der Waals surface area contributed by atoms with E-state index in [-0.39, 0.29) is 23.8 Å². The van der Waals surface area contributed by atoms with Crippen LogP contribution in [0, 0.1) is 11.3 Å². The molecule has 0 bridgehead atoms. The topological polar surface area (TPSA) is 183 Å². The summed E-state index contributed by atoms with van der Waals surface area (Å²) in [5.41, 5.74) is 6.54. The van der Waals surface area contributed by atoms with Gasteiger partial charge in [0.25, 0.3) is 5.56 Å². The van der Waals surface area contributed by atoms with Crippen LogP contribution in [-0.2, 0) is 19.1 Å². The summed E-state index contributed by atoms with van der Waals surface area (Å²) >= 11 is 6.19. The molecule has 13 heteroatoms. The minimum absolute atomic E-state index is 0.124. The number of aromatic nitrogens is 1. The van der Waals surface area contributed by atoms with E-state index in [4.69, 9.17) is 36.7 Å². The lowest BCUT2D eigenvalue weighted by Crippen LogP contribution is -2.42. The summed E-state index contributed by atoms with van der Waals surface area (Å²) in [4.78, 5) is 50.9. The lowest BCUT2D eigenvalue weighted by Gasteiger charge is -2.28. The quantitative estimate of drug-likeness (QED) is 0.258. The zero-order valence-electron chi connectivity index (χ0n) is 24.7. The average molecular weight is 637 g/mol.